The van der Waals surface area contributed by atoms with Crippen LogP contribution in [0, 0.1) is 6.92 Å². The molecule has 1 saturated carbocycles. The summed E-state index contributed by atoms with van der Waals surface area (Å²) in [4.78, 5) is 17.8. The highest BCUT2D eigenvalue weighted by atomic mass is 32.2. The molecule has 2 aromatic carbocycles. The van der Waals surface area contributed by atoms with E-state index in [-0.39, 0.29) is 23.1 Å². The van der Waals surface area contributed by atoms with Gasteiger partial charge in [0.2, 0.25) is 10.0 Å². The van der Waals surface area contributed by atoms with Gasteiger partial charge in [-0.1, -0.05) is 55.7 Å². The van der Waals surface area contributed by atoms with E-state index < -0.39 is 15.9 Å². The number of hydrogen-bond donors (Lipinski definition) is 2. The van der Waals surface area contributed by atoms with Crippen molar-refractivity contribution in [2.24, 2.45) is 0 Å². The Bertz CT molecular complexity index is 907. The molecular weight excluding hydrogens is 376 g/mol. The van der Waals surface area contributed by atoms with Gasteiger partial charge < -0.3 is 0 Å². The molecule has 0 bridgehead atoms. The number of sulfonamides is 1. The lowest BCUT2D eigenvalue weighted by atomic mass is 9.96. The molecule has 1 amide bonds. The highest BCUT2D eigenvalue weighted by Crippen LogP contribution is 2.21. The van der Waals surface area contributed by atoms with E-state index in [4.69, 9.17) is 4.84 Å². The zero-order valence-corrected chi connectivity index (χ0v) is 16.8. The Kier molecular flexibility index (Phi) is 6.83. The van der Waals surface area contributed by atoms with Gasteiger partial charge in [-0.05, 0) is 43.0 Å². The summed E-state index contributed by atoms with van der Waals surface area (Å²) in [5.74, 6) is -0.469. The van der Waals surface area contributed by atoms with E-state index >= 15 is 0 Å². The van der Waals surface area contributed by atoms with Gasteiger partial charge in [0.15, 0.2) is 0 Å². The van der Waals surface area contributed by atoms with Crippen LogP contribution in [0.1, 0.15) is 53.6 Å². The smallest absolute Gasteiger partial charge is 0.269 e. The summed E-state index contributed by atoms with van der Waals surface area (Å²) in [6, 6.07) is 14.0. The van der Waals surface area contributed by atoms with Gasteiger partial charge in [-0.2, -0.15) is 0 Å². The van der Waals surface area contributed by atoms with Crippen molar-refractivity contribution in [1.29, 1.82) is 0 Å². The van der Waals surface area contributed by atoms with Crippen LogP contribution in [-0.2, 0) is 21.5 Å². The third-order valence-corrected chi connectivity index (χ3v) is 6.46. The minimum absolute atomic E-state index is 0.0356. The molecule has 3 rings (SSSR count). The van der Waals surface area contributed by atoms with E-state index in [0.717, 1.165) is 37.7 Å². The van der Waals surface area contributed by atoms with Crippen LogP contribution in [0.25, 0.3) is 0 Å². The number of aryl methyl sites for hydroxylation is 1. The SMILES string of the molecule is Cc1ccc(S(=O)(=O)NC2CCCCC2)cc1C(=O)NOCc1ccccc1. The third kappa shape index (κ3) is 5.41. The molecule has 0 aliphatic heterocycles. The first kappa shape index (κ1) is 20.5. The number of hydroxylamine groups is 1. The van der Waals surface area contributed by atoms with Gasteiger partial charge in [-0.3, -0.25) is 9.63 Å². The van der Waals surface area contributed by atoms with Crippen LogP contribution in [0.3, 0.4) is 0 Å². The summed E-state index contributed by atoms with van der Waals surface area (Å²) in [6.45, 7) is 1.99. The van der Waals surface area contributed by atoms with Crippen molar-refractivity contribution in [2.45, 2.75) is 56.6 Å². The summed E-state index contributed by atoms with van der Waals surface area (Å²) < 4.78 is 28.2. The lowest BCUT2D eigenvalue weighted by Gasteiger charge is -2.22. The van der Waals surface area contributed by atoms with Crippen molar-refractivity contribution in [1.82, 2.24) is 10.2 Å². The number of hydrogen-bond acceptors (Lipinski definition) is 4. The molecule has 7 heteroatoms. The fourth-order valence-corrected chi connectivity index (χ4v) is 4.67. The standard InChI is InChI=1S/C21H26N2O4S/c1-16-12-13-19(28(25,26)23-18-10-6-3-7-11-18)14-20(16)21(24)22-27-15-17-8-4-2-5-9-17/h2,4-5,8-9,12-14,18,23H,3,6-7,10-11,15H2,1H3,(H,22,24). The Labute approximate surface area is 166 Å². The van der Waals surface area contributed by atoms with Gasteiger partial charge in [0.05, 0.1) is 11.5 Å². The molecule has 1 aliphatic rings. The van der Waals surface area contributed by atoms with Gasteiger partial charge >= 0.3 is 0 Å². The van der Waals surface area contributed by atoms with Crippen LogP contribution in [0.5, 0.6) is 0 Å². The number of nitrogens with one attached hydrogen (secondary N) is 2. The molecule has 0 unspecified atom stereocenters. The topological polar surface area (TPSA) is 84.5 Å². The highest BCUT2D eigenvalue weighted by Gasteiger charge is 2.23. The summed E-state index contributed by atoms with van der Waals surface area (Å²) in [5, 5.41) is 0. The Morgan fingerprint density at radius 2 is 1.79 bits per heavy atom. The number of carbonyl (C=O) groups is 1. The van der Waals surface area contributed by atoms with E-state index in [2.05, 4.69) is 10.2 Å². The Hall–Kier alpha value is -2.22. The second-order valence-corrected chi connectivity index (χ2v) is 8.85. The molecule has 0 radical (unpaired) electrons. The summed E-state index contributed by atoms with van der Waals surface area (Å²) >= 11 is 0. The number of benzene rings is 2. The Balaban J connectivity index is 1.67. The van der Waals surface area contributed by atoms with Gasteiger partial charge in [-0.15, -0.1) is 0 Å². The molecule has 1 fully saturated rings. The summed E-state index contributed by atoms with van der Waals surface area (Å²) in [5.41, 5.74) is 4.27. The maximum absolute atomic E-state index is 12.7. The number of amides is 1. The van der Waals surface area contributed by atoms with Crippen molar-refractivity contribution in [2.75, 3.05) is 0 Å². The van der Waals surface area contributed by atoms with Gasteiger partial charge in [0.1, 0.15) is 0 Å². The highest BCUT2D eigenvalue weighted by molar-refractivity contribution is 7.89. The molecule has 2 N–H and O–H groups in total. The van der Waals surface area contributed by atoms with Crippen LogP contribution in [0.15, 0.2) is 53.4 Å². The van der Waals surface area contributed by atoms with Crippen molar-refractivity contribution < 1.29 is 18.0 Å². The Morgan fingerprint density at radius 1 is 1.07 bits per heavy atom. The van der Waals surface area contributed by atoms with Crippen molar-refractivity contribution in [3.05, 3.63) is 65.2 Å². The average molecular weight is 403 g/mol. The van der Waals surface area contributed by atoms with E-state index in [1.807, 2.05) is 30.3 Å². The van der Waals surface area contributed by atoms with Crippen molar-refractivity contribution in [3.63, 3.8) is 0 Å². The average Bonchev–Trinajstić information content (AvgIpc) is 2.69. The van der Waals surface area contributed by atoms with Crippen molar-refractivity contribution in [3.8, 4) is 0 Å². The third-order valence-electron chi connectivity index (χ3n) is 4.94. The van der Waals surface area contributed by atoms with E-state index in [1.54, 1.807) is 13.0 Å². The Morgan fingerprint density at radius 3 is 2.50 bits per heavy atom. The predicted molar refractivity (Wildman–Crippen MR) is 107 cm³/mol. The molecule has 0 atom stereocenters. The first-order valence-electron chi connectivity index (χ1n) is 9.55. The van der Waals surface area contributed by atoms with Crippen LogP contribution < -0.4 is 10.2 Å². The summed E-state index contributed by atoms with van der Waals surface area (Å²) in [6.07, 6.45) is 4.93. The molecule has 1 aliphatic carbocycles. The van der Waals surface area contributed by atoms with Crippen LogP contribution >= 0.6 is 0 Å². The maximum Gasteiger partial charge on any atom is 0.275 e. The van der Waals surface area contributed by atoms with E-state index in [9.17, 15) is 13.2 Å². The number of carbonyl (C=O) groups excluding carboxylic acids is 1. The molecule has 150 valence electrons. The molecule has 2 aromatic rings. The van der Waals surface area contributed by atoms with Gasteiger partial charge in [0.25, 0.3) is 5.91 Å². The molecule has 0 aromatic heterocycles. The minimum atomic E-state index is -3.67. The van der Waals surface area contributed by atoms with Crippen LogP contribution in [0.4, 0.5) is 0 Å². The zero-order chi connectivity index (χ0) is 20.0. The molecule has 28 heavy (non-hydrogen) atoms. The fraction of sp³-hybridized carbons (Fsp3) is 0.381. The lowest BCUT2D eigenvalue weighted by molar-refractivity contribution is 0.0233. The summed E-state index contributed by atoms with van der Waals surface area (Å²) in [7, 11) is -3.67. The maximum atomic E-state index is 12.7. The van der Waals surface area contributed by atoms with Gasteiger partial charge in [0, 0.05) is 11.6 Å². The largest absolute Gasteiger partial charge is 0.275 e. The molecule has 0 saturated heterocycles. The van der Waals surface area contributed by atoms with E-state index in [1.165, 1.54) is 12.1 Å². The normalized spacial score (nSPS) is 15.3. The molecule has 6 nitrogen and oxygen atoms in total. The molecular formula is C21H26N2O4S. The lowest BCUT2D eigenvalue weighted by Crippen LogP contribution is -2.36. The van der Waals surface area contributed by atoms with Crippen LogP contribution in [0.2, 0.25) is 0 Å². The monoisotopic (exact) mass is 402 g/mol. The quantitative estimate of drug-likeness (QED) is 0.695. The second kappa shape index (κ2) is 9.32. The predicted octanol–water partition coefficient (Wildman–Crippen LogP) is 3.47. The first-order valence-corrected chi connectivity index (χ1v) is 11.0. The zero-order valence-electron chi connectivity index (χ0n) is 16.0. The van der Waals surface area contributed by atoms with Crippen molar-refractivity contribution >= 4 is 15.9 Å². The number of rotatable bonds is 7. The minimum Gasteiger partial charge on any atom is -0.269 e. The fourth-order valence-electron chi connectivity index (χ4n) is 3.33. The molecule has 0 spiro atoms. The van der Waals surface area contributed by atoms with E-state index in [0.29, 0.717) is 5.56 Å². The van der Waals surface area contributed by atoms with Crippen LogP contribution in [-0.4, -0.2) is 20.4 Å². The molecule has 0 heterocycles. The second-order valence-electron chi connectivity index (χ2n) is 7.14. The van der Waals surface area contributed by atoms with Gasteiger partial charge in [-0.25, -0.2) is 18.6 Å². The first-order chi connectivity index (χ1) is 13.5.